The van der Waals surface area contributed by atoms with Gasteiger partial charge in [-0.3, -0.25) is 4.79 Å². The summed E-state index contributed by atoms with van der Waals surface area (Å²) >= 11 is 3.38. The van der Waals surface area contributed by atoms with Crippen LogP contribution in [0.2, 0.25) is 0 Å². The summed E-state index contributed by atoms with van der Waals surface area (Å²) in [6.07, 6.45) is 0.378. The molecule has 2 rings (SSSR count). The van der Waals surface area contributed by atoms with Crippen molar-refractivity contribution in [2.75, 3.05) is 11.9 Å². The van der Waals surface area contributed by atoms with Crippen LogP contribution in [0, 0.1) is 5.82 Å². The number of hydrogen-bond acceptors (Lipinski definition) is 2. The molecule has 0 fully saturated rings. The summed E-state index contributed by atoms with van der Waals surface area (Å²) in [5.41, 5.74) is 1.75. The second-order valence-corrected chi connectivity index (χ2v) is 5.44. The smallest absolute Gasteiger partial charge is 0.225 e. The first-order valence-corrected chi connectivity index (χ1v) is 7.44. The summed E-state index contributed by atoms with van der Waals surface area (Å²) in [5, 5.41) is 6.00. The molecule has 0 heterocycles. The molecule has 0 saturated carbocycles. The zero-order chi connectivity index (χ0) is 15.1. The summed E-state index contributed by atoms with van der Waals surface area (Å²) < 4.78 is 13.6. The predicted octanol–water partition coefficient (Wildman–Crippen LogP) is 3.71. The summed E-state index contributed by atoms with van der Waals surface area (Å²) in [6, 6.07) is 13.8. The van der Waals surface area contributed by atoms with Crippen molar-refractivity contribution in [1.82, 2.24) is 5.32 Å². The molecule has 0 unspecified atom stereocenters. The lowest BCUT2D eigenvalue weighted by Gasteiger charge is -2.08. The Kier molecular flexibility index (Phi) is 5.90. The molecule has 21 heavy (non-hydrogen) atoms. The van der Waals surface area contributed by atoms with Crippen molar-refractivity contribution >= 4 is 27.5 Å². The fourth-order valence-corrected chi connectivity index (χ4v) is 2.20. The molecule has 0 aliphatic rings. The molecule has 3 nitrogen and oxygen atoms in total. The van der Waals surface area contributed by atoms with E-state index in [1.807, 2.05) is 24.3 Å². The molecule has 0 radical (unpaired) electrons. The Morgan fingerprint density at radius 3 is 2.52 bits per heavy atom. The average molecular weight is 351 g/mol. The van der Waals surface area contributed by atoms with Crippen molar-refractivity contribution in [1.29, 1.82) is 0 Å². The molecule has 110 valence electrons. The van der Waals surface area contributed by atoms with E-state index in [2.05, 4.69) is 26.6 Å². The Morgan fingerprint density at radius 1 is 1.10 bits per heavy atom. The second kappa shape index (κ2) is 7.90. The number of nitrogens with one attached hydrogen (secondary N) is 2. The maximum Gasteiger partial charge on any atom is 0.225 e. The van der Waals surface area contributed by atoms with E-state index in [9.17, 15) is 9.18 Å². The maximum absolute atomic E-state index is 12.7. The molecule has 0 aliphatic carbocycles. The minimum atomic E-state index is -0.244. The third kappa shape index (κ3) is 5.28. The van der Waals surface area contributed by atoms with Gasteiger partial charge in [-0.2, -0.15) is 0 Å². The molecule has 5 heteroatoms. The Labute approximate surface area is 131 Å². The summed E-state index contributed by atoms with van der Waals surface area (Å²) in [6.45, 7) is 1.18. The fraction of sp³-hybridized carbons (Fsp3) is 0.188. The van der Waals surface area contributed by atoms with E-state index in [-0.39, 0.29) is 11.7 Å². The van der Waals surface area contributed by atoms with E-state index in [1.165, 1.54) is 12.1 Å². The number of anilines is 1. The molecule has 2 aromatic carbocycles. The highest BCUT2D eigenvalue weighted by molar-refractivity contribution is 9.10. The van der Waals surface area contributed by atoms with Gasteiger partial charge in [-0.1, -0.05) is 24.3 Å². The Hall–Kier alpha value is -1.72. The predicted molar refractivity (Wildman–Crippen MR) is 85.5 cm³/mol. The topological polar surface area (TPSA) is 41.1 Å². The number of amides is 1. The molecule has 0 aromatic heterocycles. The van der Waals surface area contributed by atoms with Crippen molar-refractivity contribution in [3.05, 3.63) is 64.4 Å². The van der Waals surface area contributed by atoms with Gasteiger partial charge >= 0.3 is 0 Å². The number of carbonyl (C=O) groups is 1. The lowest BCUT2D eigenvalue weighted by atomic mass is 10.2. The van der Waals surface area contributed by atoms with Crippen LogP contribution >= 0.6 is 15.9 Å². The van der Waals surface area contributed by atoms with Crippen LogP contribution in [0.1, 0.15) is 12.0 Å². The highest BCUT2D eigenvalue weighted by Gasteiger charge is 2.04. The van der Waals surface area contributed by atoms with Crippen molar-refractivity contribution in [2.45, 2.75) is 13.0 Å². The Bertz CT molecular complexity index is 601. The van der Waals surface area contributed by atoms with Gasteiger partial charge in [0.15, 0.2) is 0 Å². The van der Waals surface area contributed by atoms with Crippen LogP contribution in [-0.4, -0.2) is 12.5 Å². The van der Waals surface area contributed by atoms with Crippen molar-refractivity contribution in [3.63, 3.8) is 0 Å². The summed E-state index contributed by atoms with van der Waals surface area (Å²) in [4.78, 5) is 11.8. The fourth-order valence-electron chi connectivity index (χ4n) is 1.81. The first kappa shape index (κ1) is 15.7. The lowest BCUT2D eigenvalue weighted by Crippen LogP contribution is -2.21. The number of para-hydroxylation sites is 1. The van der Waals surface area contributed by atoms with Crippen LogP contribution in [0.15, 0.2) is 53.0 Å². The summed E-state index contributed by atoms with van der Waals surface area (Å²) in [5.74, 6) is -0.292. The van der Waals surface area contributed by atoms with Crippen LogP contribution in [0.25, 0.3) is 0 Å². The molecule has 0 atom stereocenters. The molecular formula is C16H16BrFN2O. The molecule has 1 amide bonds. The van der Waals surface area contributed by atoms with Gasteiger partial charge in [0.1, 0.15) is 5.82 Å². The van der Waals surface area contributed by atoms with Gasteiger partial charge in [0.25, 0.3) is 0 Å². The van der Waals surface area contributed by atoms with Crippen molar-refractivity contribution in [2.24, 2.45) is 0 Å². The van der Waals surface area contributed by atoms with Gasteiger partial charge in [-0.15, -0.1) is 0 Å². The van der Waals surface area contributed by atoms with Gasteiger partial charge < -0.3 is 10.6 Å². The highest BCUT2D eigenvalue weighted by atomic mass is 79.9. The second-order valence-electron chi connectivity index (χ2n) is 4.58. The Balaban J connectivity index is 1.70. The molecule has 2 N–H and O–H groups in total. The first-order valence-electron chi connectivity index (χ1n) is 6.65. The van der Waals surface area contributed by atoms with Crippen molar-refractivity contribution in [3.8, 4) is 0 Å². The third-order valence-electron chi connectivity index (χ3n) is 2.92. The number of rotatable bonds is 6. The first-order chi connectivity index (χ1) is 10.1. The van der Waals surface area contributed by atoms with E-state index in [0.29, 0.717) is 19.5 Å². The number of benzene rings is 2. The minimum absolute atomic E-state index is 0.0477. The van der Waals surface area contributed by atoms with E-state index < -0.39 is 0 Å². The number of halogens is 2. The molecule has 2 aromatic rings. The molecule has 0 spiro atoms. The van der Waals surface area contributed by atoms with E-state index in [4.69, 9.17) is 0 Å². The van der Waals surface area contributed by atoms with Gasteiger partial charge in [0.05, 0.1) is 5.69 Å². The van der Waals surface area contributed by atoms with Gasteiger partial charge in [-0.05, 0) is 45.8 Å². The molecule has 0 saturated heterocycles. The molecule has 0 aliphatic heterocycles. The van der Waals surface area contributed by atoms with E-state index in [1.54, 1.807) is 12.1 Å². The van der Waals surface area contributed by atoms with Crippen LogP contribution in [0.3, 0.4) is 0 Å². The normalized spacial score (nSPS) is 10.4. The van der Waals surface area contributed by atoms with Gasteiger partial charge in [0.2, 0.25) is 5.91 Å². The highest BCUT2D eigenvalue weighted by Crippen LogP contribution is 2.21. The molecule has 0 bridgehead atoms. The Morgan fingerprint density at radius 2 is 1.81 bits per heavy atom. The minimum Gasteiger partial charge on any atom is -0.325 e. The van der Waals surface area contributed by atoms with Gasteiger partial charge in [0, 0.05) is 24.0 Å². The maximum atomic E-state index is 12.7. The van der Waals surface area contributed by atoms with Crippen LogP contribution < -0.4 is 10.6 Å². The zero-order valence-corrected chi connectivity index (χ0v) is 13.0. The zero-order valence-electron chi connectivity index (χ0n) is 11.4. The number of carbonyl (C=O) groups excluding carboxylic acids is 1. The quantitative estimate of drug-likeness (QED) is 0.779. The third-order valence-corrected chi connectivity index (χ3v) is 3.61. The van der Waals surface area contributed by atoms with E-state index >= 15 is 0 Å². The SMILES string of the molecule is O=C(CCNCc1ccc(F)cc1)Nc1ccccc1Br. The summed E-state index contributed by atoms with van der Waals surface area (Å²) in [7, 11) is 0. The van der Waals surface area contributed by atoms with Crippen LogP contribution in [0.4, 0.5) is 10.1 Å². The molecular weight excluding hydrogens is 335 g/mol. The van der Waals surface area contributed by atoms with Crippen LogP contribution in [-0.2, 0) is 11.3 Å². The average Bonchev–Trinajstić information content (AvgIpc) is 2.48. The van der Waals surface area contributed by atoms with Gasteiger partial charge in [-0.25, -0.2) is 4.39 Å². The standard InChI is InChI=1S/C16H16BrFN2O/c17-14-3-1-2-4-15(14)20-16(21)9-10-19-11-12-5-7-13(18)8-6-12/h1-8,19H,9-11H2,(H,20,21). The monoisotopic (exact) mass is 350 g/mol. The van der Waals surface area contributed by atoms with E-state index in [0.717, 1.165) is 15.7 Å². The number of hydrogen-bond donors (Lipinski definition) is 2. The van der Waals surface area contributed by atoms with Crippen molar-refractivity contribution < 1.29 is 9.18 Å². The largest absolute Gasteiger partial charge is 0.325 e. The van der Waals surface area contributed by atoms with Crippen LogP contribution in [0.5, 0.6) is 0 Å². The lowest BCUT2D eigenvalue weighted by molar-refractivity contribution is -0.116.